The maximum atomic E-state index is 13.2. The second kappa shape index (κ2) is 5.85. The van der Waals surface area contributed by atoms with Gasteiger partial charge in [0.05, 0.1) is 0 Å². The maximum absolute atomic E-state index is 13.2. The van der Waals surface area contributed by atoms with E-state index in [-0.39, 0.29) is 5.82 Å². The van der Waals surface area contributed by atoms with Crippen molar-refractivity contribution in [3.63, 3.8) is 0 Å². The third kappa shape index (κ3) is 3.12. The number of anilines is 2. The van der Waals surface area contributed by atoms with Crippen molar-refractivity contribution in [3.8, 4) is 0 Å². The number of hydrogen-bond donors (Lipinski definition) is 1. The number of halogens is 1. The second-order valence-corrected chi connectivity index (χ2v) is 4.64. The number of hydrogen-bond acceptors (Lipinski definition) is 2. The number of benzene rings is 2. The Morgan fingerprint density at radius 2 is 1.74 bits per heavy atom. The highest BCUT2D eigenvalue weighted by Crippen LogP contribution is 2.25. The fourth-order valence-electron chi connectivity index (χ4n) is 1.99. The van der Waals surface area contributed by atoms with Crippen LogP contribution < -0.4 is 10.2 Å². The lowest BCUT2D eigenvalue weighted by atomic mass is 10.1. The van der Waals surface area contributed by atoms with Crippen LogP contribution in [0, 0.1) is 5.82 Å². The first kappa shape index (κ1) is 13.6. The van der Waals surface area contributed by atoms with Crippen molar-refractivity contribution in [1.29, 1.82) is 0 Å². The van der Waals surface area contributed by atoms with E-state index in [2.05, 4.69) is 24.4 Å². The fraction of sp³-hybridized carbons (Fsp3) is 0.250. The summed E-state index contributed by atoms with van der Waals surface area (Å²) < 4.78 is 13.2. The van der Waals surface area contributed by atoms with E-state index >= 15 is 0 Å². The predicted molar refractivity (Wildman–Crippen MR) is 78.4 cm³/mol. The van der Waals surface area contributed by atoms with Crippen LogP contribution in [0.4, 0.5) is 15.8 Å². The van der Waals surface area contributed by atoms with Crippen LogP contribution in [0.25, 0.3) is 0 Å². The van der Waals surface area contributed by atoms with Crippen LogP contribution in [0.5, 0.6) is 0 Å². The highest BCUT2D eigenvalue weighted by molar-refractivity contribution is 5.62. The summed E-state index contributed by atoms with van der Waals surface area (Å²) in [5.74, 6) is -0.218. The van der Waals surface area contributed by atoms with Gasteiger partial charge in [-0.25, -0.2) is 4.39 Å². The lowest BCUT2D eigenvalue weighted by Gasteiger charge is -2.20. The third-order valence-corrected chi connectivity index (χ3v) is 3.41. The minimum Gasteiger partial charge on any atom is -0.345 e. The summed E-state index contributed by atoms with van der Waals surface area (Å²) in [7, 11) is 3.88. The van der Waals surface area contributed by atoms with Crippen LogP contribution in [0.15, 0.2) is 48.5 Å². The largest absolute Gasteiger partial charge is 0.345 e. The van der Waals surface area contributed by atoms with Gasteiger partial charge < -0.3 is 10.2 Å². The lowest BCUT2D eigenvalue weighted by Crippen LogP contribution is -2.13. The van der Waals surface area contributed by atoms with Crippen molar-refractivity contribution in [3.05, 3.63) is 59.9 Å². The minimum absolute atomic E-state index is 0.218. The van der Waals surface area contributed by atoms with Crippen LogP contribution in [-0.2, 0) is 0 Å². The zero-order chi connectivity index (χ0) is 13.8. The molecule has 0 aliphatic carbocycles. The second-order valence-electron chi connectivity index (χ2n) is 4.64. The summed E-state index contributed by atoms with van der Waals surface area (Å²) in [6, 6.07) is 15.2. The molecule has 2 nitrogen and oxygen atoms in total. The van der Waals surface area contributed by atoms with E-state index in [9.17, 15) is 4.39 Å². The van der Waals surface area contributed by atoms with Gasteiger partial charge in [0, 0.05) is 24.5 Å². The molecule has 1 N–H and O–H groups in total. The topological polar surface area (TPSA) is 15.3 Å². The van der Waals surface area contributed by atoms with E-state index in [0.717, 1.165) is 11.4 Å². The standard InChI is InChI=1S/C16H19FN2/c1-12(18-2)13-7-9-15(10-8-13)19(3)16-6-4-5-14(17)11-16/h4-12,18H,1-3H3. The molecule has 2 aromatic rings. The number of rotatable bonds is 4. The van der Waals surface area contributed by atoms with E-state index in [4.69, 9.17) is 0 Å². The summed E-state index contributed by atoms with van der Waals surface area (Å²) in [6.45, 7) is 2.12. The summed E-state index contributed by atoms with van der Waals surface area (Å²) in [5, 5.41) is 3.21. The van der Waals surface area contributed by atoms with Crippen LogP contribution in [-0.4, -0.2) is 14.1 Å². The Morgan fingerprint density at radius 1 is 1.05 bits per heavy atom. The monoisotopic (exact) mass is 258 g/mol. The molecule has 100 valence electrons. The molecule has 0 saturated heterocycles. The van der Waals surface area contributed by atoms with Crippen LogP contribution in [0.2, 0.25) is 0 Å². The highest BCUT2D eigenvalue weighted by Gasteiger charge is 2.06. The molecule has 3 heteroatoms. The molecule has 0 fully saturated rings. The molecular formula is C16H19FN2. The van der Waals surface area contributed by atoms with Gasteiger partial charge in [-0.1, -0.05) is 18.2 Å². The molecule has 0 amide bonds. The predicted octanol–water partition coefficient (Wildman–Crippen LogP) is 3.87. The van der Waals surface area contributed by atoms with Crippen molar-refractivity contribution in [2.45, 2.75) is 13.0 Å². The molecule has 1 atom stereocenters. The van der Waals surface area contributed by atoms with E-state index < -0.39 is 0 Å². The Bertz CT molecular complexity index is 537. The van der Waals surface area contributed by atoms with Gasteiger partial charge in [0.15, 0.2) is 0 Å². The van der Waals surface area contributed by atoms with Crippen molar-refractivity contribution in [1.82, 2.24) is 5.32 Å². The average Bonchev–Trinajstić information content (AvgIpc) is 2.46. The summed E-state index contributed by atoms with van der Waals surface area (Å²) >= 11 is 0. The van der Waals surface area contributed by atoms with Gasteiger partial charge in [-0.05, 0) is 49.9 Å². The molecule has 2 aromatic carbocycles. The van der Waals surface area contributed by atoms with Crippen molar-refractivity contribution < 1.29 is 4.39 Å². The van der Waals surface area contributed by atoms with Gasteiger partial charge in [0.1, 0.15) is 5.82 Å². The first-order valence-electron chi connectivity index (χ1n) is 6.38. The van der Waals surface area contributed by atoms with E-state index in [1.807, 2.05) is 37.2 Å². The molecule has 0 saturated carbocycles. The van der Waals surface area contributed by atoms with Crippen molar-refractivity contribution >= 4 is 11.4 Å². The van der Waals surface area contributed by atoms with Crippen molar-refractivity contribution in [2.75, 3.05) is 19.0 Å². The Labute approximate surface area is 113 Å². The lowest BCUT2D eigenvalue weighted by molar-refractivity contribution is 0.628. The Morgan fingerprint density at radius 3 is 2.32 bits per heavy atom. The van der Waals surface area contributed by atoms with Gasteiger partial charge in [0.2, 0.25) is 0 Å². The quantitative estimate of drug-likeness (QED) is 0.895. The van der Waals surface area contributed by atoms with Gasteiger partial charge >= 0.3 is 0 Å². The normalized spacial score (nSPS) is 12.2. The smallest absolute Gasteiger partial charge is 0.125 e. The zero-order valence-electron chi connectivity index (χ0n) is 11.5. The molecule has 0 radical (unpaired) electrons. The van der Waals surface area contributed by atoms with Crippen LogP contribution >= 0.6 is 0 Å². The van der Waals surface area contributed by atoms with Crippen LogP contribution in [0.1, 0.15) is 18.5 Å². The Hall–Kier alpha value is -1.87. The molecule has 0 bridgehead atoms. The molecule has 1 unspecified atom stereocenters. The highest BCUT2D eigenvalue weighted by atomic mass is 19.1. The van der Waals surface area contributed by atoms with E-state index in [1.165, 1.54) is 17.7 Å². The fourth-order valence-corrected chi connectivity index (χ4v) is 1.99. The Balaban J connectivity index is 2.22. The van der Waals surface area contributed by atoms with Crippen LogP contribution in [0.3, 0.4) is 0 Å². The minimum atomic E-state index is -0.218. The maximum Gasteiger partial charge on any atom is 0.125 e. The zero-order valence-corrected chi connectivity index (χ0v) is 11.5. The van der Waals surface area contributed by atoms with Gasteiger partial charge in [-0.15, -0.1) is 0 Å². The molecule has 0 aliphatic rings. The summed E-state index contributed by atoms with van der Waals surface area (Å²) in [5.41, 5.74) is 3.12. The van der Waals surface area contributed by atoms with E-state index in [0.29, 0.717) is 6.04 Å². The molecule has 2 rings (SSSR count). The van der Waals surface area contributed by atoms with Gasteiger partial charge in [0.25, 0.3) is 0 Å². The molecule has 0 spiro atoms. The van der Waals surface area contributed by atoms with Gasteiger partial charge in [-0.2, -0.15) is 0 Å². The summed E-state index contributed by atoms with van der Waals surface area (Å²) in [4.78, 5) is 1.97. The molecule has 0 aromatic heterocycles. The number of nitrogens with one attached hydrogen (secondary N) is 1. The summed E-state index contributed by atoms with van der Waals surface area (Å²) in [6.07, 6.45) is 0. The molecule has 0 aliphatic heterocycles. The molecule has 0 heterocycles. The third-order valence-electron chi connectivity index (χ3n) is 3.41. The molecular weight excluding hydrogens is 239 g/mol. The average molecular weight is 258 g/mol. The molecule has 19 heavy (non-hydrogen) atoms. The van der Waals surface area contributed by atoms with E-state index in [1.54, 1.807) is 6.07 Å². The first-order valence-corrected chi connectivity index (χ1v) is 6.38. The number of nitrogens with zero attached hydrogens (tertiary/aromatic N) is 1. The van der Waals surface area contributed by atoms with Crippen molar-refractivity contribution in [2.24, 2.45) is 0 Å². The van der Waals surface area contributed by atoms with Gasteiger partial charge in [-0.3, -0.25) is 0 Å². The Kier molecular flexibility index (Phi) is 4.17. The first-order chi connectivity index (χ1) is 9.11. The SMILES string of the molecule is CNC(C)c1ccc(N(C)c2cccc(F)c2)cc1.